The third-order valence-corrected chi connectivity index (χ3v) is 5.23. The van der Waals surface area contributed by atoms with Gasteiger partial charge in [-0.05, 0) is 37.5 Å². The highest BCUT2D eigenvalue weighted by Crippen LogP contribution is 2.26. The van der Waals surface area contributed by atoms with E-state index in [2.05, 4.69) is 6.08 Å². The van der Waals surface area contributed by atoms with Crippen molar-refractivity contribution in [3.8, 4) is 0 Å². The van der Waals surface area contributed by atoms with Crippen molar-refractivity contribution in [3.05, 3.63) is 81.4 Å². The van der Waals surface area contributed by atoms with Crippen molar-refractivity contribution in [3.63, 3.8) is 0 Å². The summed E-state index contributed by atoms with van der Waals surface area (Å²) >= 11 is 0. The molecule has 0 aliphatic heterocycles. The van der Waals surface area contributed by atoms with Gasteiger partial charge in [0.25, 0.3) is 11.6 Å². The molecule has 1 aliphatic rings. The molecule has 0 N–H and O–H groups in total. The van der Waals surface area contributed by atoms with Crippen LogP contribution in [0.15, 0.2) is 60.2 Å². The van der Waals surface area contributed by atoms with Crippen LogP contribution in [0, 0.1) is 10.1 Å². The Morgan fingerprint density at radius 3 is 2.32 bits per heavy atom. The predicted octanol–water partition coefficient (Wildman–Crippen LogP) is 5.47. The van der Waals surface area contributed by atoms with Crippen molar-refractivity contribution < 1.29 is 9.72 Å². The number of hydrogen-bond donors (Lipinski definition) is 0. The third kappa shape index (κ3) is 5.06. The van der Waals surface area contributed by atoms with Gasteiger partial charge in [0.2, 0.25) is 0 Å². The van der Waals surface area contributed by atoms with E-state index in [0.717, 1.165) is 36.8 Å². The van der Waals surface area contributed by atoms with E-state index in [1.165, 1.54) is 18.6 Å². The molecule has 5 nitrogen and oxygen atoms in total. The molecule has 28 heavy (non-hydrogen) atoms. The summed E-state index contributed by atoms with van der Waals surface area (Å²) in [6.45, 7) is 2.61. The first-order valence-corrected chi connectivity index (χ1v) is 9.82. The molecule has 1 saturated carbocycles. The van der Waals surface area contributed by atoms with Crippen LogP contribution in [0.5, 0.6) is 0 Å². The van der Waals surface area contributed by atoms with E-state index in [4.69, 9.17) is 0 Å². The minimum absolute atomic E-state index is 0.000852. The Morgan fingerprint density at radius 1 is 1.07 bits per heavy atom. The number of nitro benzene ring substituents is 1. The summed E-state index contributed by atoms with van der Waals surface area (Å²) in [4.78, 5) is 25.6. The number of nitrogens with zero attached hydrogens (tertiary/aromatic N) is 2. The Balaban J connectivity index is 1.82. The number of rotatable bonds is 6. The zero-order valence-corrected chi connectivity index (χ0v) is 16.2. The molecule has 0 heterocycles. The normalized spacial score (nSPS) is 15.2. The summed E-state index contributed by atoms with van der Waals surface area (Å²) < 4.78 is 0. The van der Waals surface area contributed by atoms with Crippen molar-refractivity contribution in [2.45, 2.75) is 45.1 Å². The molecule has 0 aromatic heterocycles. The highest BCUT2D eigenvalue weighted by Gasteiger charge is 2.26. The van der Waals surface area contributed by atoms with Crippen LogP contribution in [-0.2, 0) is 0 Å². The first kappa shape index (κ1) is 19.8. The van der Waals surface area contributed by atoms with Crippen LogP contribution >= 0.6 is 0 Å². The summed E-state index contributed by atoms with van der Waals surface area (Å²) in [5, 5.41) is 10.9. The van der Waals surface area contributed by atoms with Gasteiger partial charge < -0.3 is 4.90 Å². The monoisotopic (exact) mass is 378 g/mol. The van der Waals surface area contributed by atoms with E-state index in [0.29, 0.717) is 12.1 Å². The fourth-order valence-electron chi connectivity index (χ4n) is 3.80. The lowest BCUT2D eigenvalue weighted by atomic mass is 9.93. The predicted molar refractivity (Wildman–Crippen MR) is 111 cm³/mol. The highest BCUT2D eigenvalue weighted by atomic mass is 16.6. The number of carbonyl (C=O) groups excluding carboxylic acids is 1. The molecule has 0 bridgehead atoms. The van der Waals surface area contributed by atoms with Crippen molar-refractivity contribution in [1.82, 2.24) is 4.90 Å². The number of nitro groups is 1. The molecule has 0 unspecified atom stereocenters. The van der Waals surface area contributed by atoms with Crippen LogP contribution in [0.1, 0.15) is 54.9 Å². The summed E-state index contributed by atoms with van der Waals surface area (Å²) in [6, 6.07) is 16.2. The number of hydrogen-bond acceptors (Lipinski definition) is 3. The van der Waals surface area contributed by atoms with Gasteiger partial charge in [0.1, 0.15) is 0 Å². The van der Waals surface area contributed by atoms with Gasteiger partial charge in [0.05, 0.1) is 4.92 Å². The zero-order chi connectivity index (χ0) is 19.9. The maximum absolute atomic E-state index is 13.2. The molecule has 0 spiro atoms. The molecular formula is C23H26N2O3. The number of benzene rings is 2. The molecule has 0 saturated heterocycles. The molecule has 3 rings (SSSR count). The average molecular weight is 378 g/mol. The molecule has 5 heteroatoms. The number of amides is 1. The van der Waals surface area contributed by atoms with Crippen LogP contribution in [-0.4, -0.2) is 28.3 Å². The summed E-state index contributed by atoms with van der Waals surface area (Å²) in [6.07, 6.45) is 7.62. The van der Waals surface area contributed by atoms with E-state index in [1.807, 2.05) is 42.2 Å². The molecule has 1 aliphatic carbocycles. The second kappa shape index (κ2) is 9.31. The maximum Gasteiger partial charge on any atom is 0.269 e. The van der Waals surface area contributed by atoms with Crippen LogP contribution < -0.4 is 0 Å². The standard InChI is InChI=1S/C23H26N2O3/c1-18(16-19-8-4-2-5-9-19)17-24(21-10-6-3-7-11-21)23(26)20-12-14-22(15-13-20)25(27)28/h2,4-5,8-9,12-16,21H,3,6-7,10-11,17H2,1H3/b18-16+. The topological polar surface area (TPSA) is 63.5 Å². The van der Waals surface area contributed by atoms with Crippen LogP contribution in [0.3, 0.4) is 0 Å². The van der Waals surface area contributed by atoms with Gasteiger partial charge in [0.15, 0.2) is 0 Å². The Bertz CT molecular complexity index is 838. The van der Waals surface area contributed by atoms with Crippen LogP contribution in [0.4, 0.5) is 5.69 Å². The molecule has 1 fully saturated rings. The summed E-state index contributed by atoms with van der Waals surface area (Å²) in [5.74, 6) is -0.0531. The molecule has 0 atom stereocenters. The van der Waals surface area contributed by atoms with Gasteiger partial charge in [0, 0.05) is 30.3 Å². The van der Waals surface area contributed by atoms with Gasteiger partial charge >= 0.3 is 0 Å². The molecule has 2 aromatic carbocycles. The van der Waals surface area contributed by atoms with E-state index >= 15 is 0 Å². The van der Waals surface area contributed by atoms with Gasteiger partial charge in [-0.25, -0.2) is 0 Å². The molecule has 0 radical (unpaired) electrons. The Labute approximate surface area is 165 Å². The number of non-ortho nitro benzene ring substituents is 1. The summed E-state index contributed by atoms with van der Waals surface area (Å²) in [7, 11) is 0. The minimum atomic E-state index is -0.445. The molecule has 146 valence electrons. The van der Waals surface area contributed by atoms with Crippen molar-refractivity contribution >= 4 is 17.7 Å². The minimum Gasteiger partial charge on any atom is -0.332 e. The van der Waals surface area contributed by atoms with Gasteiger partial charge in [-0.1, -0.05) is 61.2 Å². The molecule has 2 aromatic rings. The lowest BCUT2D eigenvalue weighted by molar-refractivity contribution is -0.384. The third-order valence-electron chi connectivity index (χ3n) is 5.23. The lowest BCUT2D eigenvalue weighted by Gasteiger charge is -2.35. The second-order valence-electron chi connectivity index (χ2n) is 7.43. The SMILES string of the molecule is C/C(=C\c1ccccc1)CN(C(=O)c1ccc([N+](=O)[O-])cc1)C1CCCCC1. The number of carbonyl (C=O) groups is 1. The first-order valence-electron chi connectivity index (χ1n) is 9.82. The van der Waals surface area contributed by atoms with Crippen molar-refractivity contribution in [1.29, 1.82) is 0 Å². The quantitative estimate of drug-likeness (QED) is 0.494. The van der Waals surface area contributed by atoms with E-state index in [9.17, 15) is 14.9 Å². The average Bonchev–Trinajstić information content (AvgIpc) is 2.73. The largest absolute Gasteiger partial charge is 0.332 e. The Hall–Kier alpha value is -2.95. The van der Waals surface area contributed by atoms with Gasteiger partial charge in [-0.3, -0.25) is 14.9 Å². The highest BCUT2D eigenvalue weighted by molar-refractivity contribution is 5.95. The molecular weight excluding hydrogens is 352 g/mol. The summed E-state index contributed by atoms with van der Waals surface area (Å²) in [5.41, 5.74) is 2.74. The first-order chi connectivity index (χ1) is 13.5. The van der Waals surface area contributed by atoms with E-state index in [-0.39, 0.29) is 17.6 Å². The van der Waals surface area contributed by atoms with Crippen LogP contribution in [0.25, 0.3) is 6.08 Å². The lowest BCUT2D eigenvalue weighted by Crippen LogP contribution is -2.42. The molecule has 1 amide bonds. The van der Waals surface area contributed by atoms with Crippen molar-refractivity contribution in [2.75, 3.05) is 6.54 Å². The van der Waals surface area contributed by atoms with Gasteiger partial charge in [-0.15, -0.1) is 0 Å². The zero-order valence-electron chi connectivity index (χ0n) is 16.2. The van der Waals surface area contributed by atoms with Crippen molar-refractivity contribution in [2.24, 2.45) is 0 Å². The van der Waals surface area contributed by atoms with Gasteiger partial charge in [-0.2, -0.15) is 0 Å². The fourth-order valence-corrected chi connectivity index (χ4v) is 3.80. The second-order valence-corrected chi connectivity index (χ2v) is 7.43. The fraction of sp³-hybridized carbons (Fsp3) is 0.348. The van der Waals surface area contributed by atoms with Crippen LogP contribution in [0.2, 0.25) is 0 Å². The smallest absolute Gasteiger partial charge is 0.269 e. The maximum atomic E-state index is 13.2. The van der Waals surface area contributed by atoms with E-state index in [1.54, 1.807) is 12.1 Å². The van der Waals surface area contributed by atoms with E-state index < -0.39 is 4.92 Å². The Kier molecular flexibility index (Phi) is 6.58. The Morgan fingerprint density at radius 2 is 1.71 bits per heavy atom.